The lowest BCUT2D eigenvalue weighted by atomic mass is 10.1. The van der Waals surface area contributed by atoms with Crippen molar-refractivity contribution in [2.75, 3.05) is 55.4 Å². The normalized spacial score (nSPS) is 10.8. The second-order valence-electron chi connectivity index (χ2n) is 9.16. The van der Waals surface area contributed by atoms with Crippen LogP contribution in [0.4, 0.5) is 0 Å². The van der Waals surface area contributed by atoms with Crippen molar-refractivity contribution < 1.29 is 53.0 Å². The Labute approximate surface area is 201 Å². The standard InChI is InChI=1S/C19H31N7O4.2ClH/c1-12-14(18(29)23-21-16(27)10-25(3,4)5)9-15(13(2)20-12)19(30)24-22-17(28)11-26(6,7)8;;/h9H,10-11H2,1-8H3,(H2-2,21,22,23,24,27,28,29,30);2*1H. The molecule has 32 heavy (non-hydrogen) atoms. The van der Waals surface area contributed by atoms with Crippen molar-refractivity contribution in [1.29, 1.82) is 0 Å². The van der Waals surface area contributed by atoms with E-state index in [4.69, 9.17) is 0 Å². The maximum absolute atomic E-state index is 12.5. The smallest absolute Gasteiger partial charge is 0.293 e. The number of carbonyl (C=O) groups excluding carboxylic acids is 4. The van der Waals surface area contributed by atoms with Gasteiger partial charge in [0.15, 0.2) is 13.1 Å². The number of hydrogen-bond acceptors (Lipinski definition) is 5. The Kier molecular flexibility index (Phi) is 12.4. The third-order valence-electron chi connectivity index (χ3n) is 3.76. The summed E-state index contributed by atoms with van der Waals surface area (Å²) in [5.74, 6) is -1.91. The van der Waals surface area contributed by atoms with Crippen LogP contribution in [0.2, 0.25) is 0 Å². The van der Waals surface area contributed by atoms with Crippen LogP contribution in [0.5, 0.6) is 0 Å². The van der Waals surface area contributed by atoms with E-state index >= 15 is 0 Å². The van der Waals surface area contributed by atoms with Crippen LogP contribution in [-0.2, 0) is 9.59 Å². The molecule has 0 radical (unpaired) electrons. The largest absolute Gasteiger partial charge is 1.00 e. The summed E-state index contributed by atoms with van der Waals surface area (Å²) in [6.07, 6.45) is 0. The van der Waals surface area contributed by atoms with Crippen molar-refractivity contribution in [3.8, 4) is 0 Å². The van der Waals surface area contributed by atoms with Crippen LogP contribution in [0.15, 0.2) is 6.07 Å². The number of likely N-dealkylation sites (N-methyl/N-ethyl adjacent to an activating group) is 2. The number of rotatable bonds is 6. The molecule has 0 aliphatic carbocycles. The van der Waals surface area contributed by atoms with Gasteiger partial charge in [0.2, 0.25) is 0 Å². The predicted molar refractivity (Wildman–Crippen MR) is 111 cm³/mol. The third-order valence-corrected chi connectivity index (χ3v) is 3.76. The molecule has 0 bridgehead atoms. The highest BCUT2D eigenvalue weighted by atomic mass is 35.5. The average Bonchev–Trinajstić information content (AvgIpc) is 2.54. The van der Waals surface area contributed by atoms with E-state index in [0.717, 1.165) is 0 Å². The number of pyridine rings is 1. The zero-order chi connectivity index (χ0) is 23.3. The van der Waals surface area contributed by atoms with Crippen LogP contribution in [0, 0.1) is 13.8 Å². The summed E-state index contributed by atoms with van der Waals surface area (Å²) >= 11 is 0. The average molecular weight is 494 g/mol. The van der Waals surface area contributed by atoms with Gasteiger partial charge in [-0.1, -0.05) is 0 Å². The van der Waals surface area contributed by atoms with Gasteiger partial charge in [0.25, 0.3) is 23.6 Å². The van der Waals surface area contributed by atoms with Gasteiger partial charge >= 0.3 is 0 Å². The summed E-state index contributed by atoms with van der Waals surface area (Å²) in [4.78, 5) is 53.0. The van der Waals surface area contributed by atoms with E-state index in [1.807, 2.05) is 42.3 Å². The van der Waals surface area contributed by atoms with Crippen molar-refractivity contribution >= 4 is 23.6 Å². The summed E-state index contributed by atoms with van der Waals surface area (Å²) in [7, 11) is 11.1. The van der Waals surface area contributed by atoms with Crippen LogP contribution >= 0.6 is 0 Å². The van der Waals surface area contributed by atoms with Crippen LogP contribution in [0.1, 0.15) is 32.1 Å². The number of nitrogens with one attached hydrogen (secondary N) is 4. The topological polar surface area (TPSA) is 129 Å². The SMILES string of the molecule is Cc1nc(C)c(C(=O)NNC(=O)C[N+](C)(C)C)cc1C(=O)NNC(=O)C[N+](C)(C)C.[Cl-].[Cl-]. The Morgan fingerprint density at radius 1 is 0.688 bits per heavy atom. The highest BCUT2D eigenvalue weighted by molar-refractivity contribution is 6.01. The van der Waals surface area contributed by atoms with E-state index in [2.05, 4.69) is 26.7 Å². The fourth-order valence-electron chi connectivity index (χ4n) is 2.51. The summed E-state index contributed by atoms with van der Waals surface area (Å²) in [6.45, 7) is 3.60. The van der Waals surface area contributed by atoms with Crippen molar-refractivity contribution in [3.63, 3.8) is 0 Å². The Morgan fingerprint density at radius 3 is 1.28 bits per heavy atom. The van der Waals surface area contributed by atoms with Gasteiger partial charge < -0.3 is 33.8 Å². The summed E-state index contributed by atoms with van der Waals surface area (Å²) in [5, 5.41) is 0. The van der Waals surface area contributed by atoms with Gasteiger partial charge in [0, 0.05) is 0 Å². The first-order chi connectivity index (χ1) is 13.6. The zero-order valence-corrected chi connectivity index (χ0v) is 21.2. The van der Waals surface area contributed by atoms with Crippen LogP contribution in [-0.4, -0.2) is 93.0 Å². The zero-order valence-electron chi connectivity index (χ0n) is 19.7. The molecule has 1 rings (SSSR count). The highest BCUT2D eigenvalue weighted by Crippen LogP contribution is 2.12. The number of hydrazine groups is 2. The van der Waals surface area contributed by atoms with E-state index in [0.29, 0.717) is 20.4 Å². The minimum Gasteiger partial charge on any atom is -1.00 e. The van der Waals surface area contributed by atoms with E-state index in [-0.39, 0.29) is 60.8 Å². The first-order valence-corrected chi connectivity index (χ1v) is 9.36. The quantitative estimate of drug-likeness (QED) is 0.231. The van der Waals surface area contributed by atoms with E-state index in [1.165, 1.54) is 6.07 Å². The van der Waals surface area contributed by atoms with Crippen molar-refractivity contribution in [2.45, 2.75) is 13.8 Å². The molecule has 182 valence electrons. The number of aryl methyl sites for hydroxylation is 2. The molecule has 0 saturated heterocycles. The molecule has 1 heterocycles. The fraction of sp³-hybridized carbons (Fsp3) is 0.526. The van der Waals surface area contributed by atoms with E-state index < -0.39 is 11.8 Å². The number of quaternary nitrogens is 2. The molecule has 0 aliphatic rings. The van der Waals surface area contributed by atoms with Crippen LogP contribution < -0.4 is 46.5 Å². The Bertz CT molecular complexity index is 784. The van der Waals surface area contributed by atoms with Gasteiger partial charge in [-0.25, -0.2) is 0 Å². The molecular weight excluding hydrogens is 461 g/mol. The van der Waals surface area contributed by atoms with Crippen molar-refractivity contribution in [3.05, 3.63) is 28.6 Å². The van der Waals surface area contributed by atoms with Gasteiger partial charge in [-0.2, -0.15) is 0 Å². The van der Waals surface area contributed by atoms with Gasteiger partial charge in [-0.15, -0.1) is 0 Å². The van der Waals surface area contributed by atoms with E-state index in [9.17, 15) is 19.2 Å². The number of hydrogen-bond donors (Lipinski definition) is 4. The third kappa shape index (κ3) is 11.2. The summed E-state index contributed by atoms with van der Waals surface area (Å²) < 4.78 is 0.800. The second-order valence-corrected chi connectivity index (χ2v) is 9.16. The molecule has 0 saturated carbocycles. The second kappa shape index (κ2) is 12.5. The van der Waals surface area contributed by atoms with Gasteiger partial charge in [0.1, 0.15) is 0 Å². The first-order valence-electron chi connectivity index (χ1n) is 9.36. The molecular formula is C19H33Cl2N7O4. The number of halogens is 2. The number of amides is 4. The molecule has 4 N–H and O–H groups in total. The predicted octanol–water partition coefficient (Wildman–Crippen LogP) is -7.36. The van der Waals surface area contributed by atoms with Crippen molar-refractivity contribution in [2.24, 2.45) is 0 Å². The molecule has 0 fully saturated rings. The molecule has 0 aromatic carbocycles. The Morgan fingerprint density at radius 2 is 1.00 bits per heavy atom. The molecule has 1 aromatic rings. The molecule has 4 amide bonds. The first kappa shape index (κ1) is 31.7. The summed E-state index contributed by atoms with van der Waals surface area (Å²) in [5.41, 5.74) is 10.4. The Balaban J connectivity index is 0. The van der Waals surface area contributed by atoms with Crippen molar-refractivity contribution in [1.82, 2.24) is 26.7 Å². The summed E-state index contributed by atoms with van der Waals surface area (Å²) in [6, 6.07) is 1.38. The monoisotopic (exact) mass is 493 g/mol. The maximum atomic E-state index is 12.5. The van der Waals surface area contributed by atoms with Crippen LogP contribution in [0.25, 0.3) is 0 Å². The van der Waals surface area contributed by atoms with Crippen LogP contribution in [0.3, 0.4) is 0 Å². The van der Waals surface area contributed by atoms with Gasteiger partial charge in [0.05, 0.1) is 64.8 Å². The fourth-order valence-corrected chi connectivity index (χ4v) is 2.51. The molecule has 0 atom stereocenters. The lowest BCUT2D eigenvalue weighted by Gasteiger charge is -2.23. The number of aromatic nitrogens is 1. The molecule has 1 aromatic heterocycles. The number of nitrogens with zero attached hydrogens (tertiary/aromatic N) is 3. The molecule has 0 unspecified atom stereocenters. The minimum absolute atomic E-state index is 0. The maximum Gasteiger partial charge on any atom is 0.293 e. The molecule has 0 spiro atoms. The molecule has 0 aliphatic heterocycles. The van der Waals surface area contributed by atoms with Gasteiger partial charge in [-0.05, 0) is 19.9 Å². The Hall–Kier alpha value is -2.47. The van der Waals surface area contributed by atoms with E-state index in [1.54, 1.807) is 13.8 Å². The lowest BCUT2D eigenvalue weighted by Crippen LogP contribution is -3.00. The highest BCUT2D eigenvalue weighted by Gasteiger charge is 2.20. The molecule has 11 nitrogen and oxygen atoms in total. The minimum atomic E-state index is -0.599. The molecule has 13 heteroatoms. The number of carbonyl (C=O) groups is 4. The van der Waals surface area contributed by atoms with Gasteiger partial charge in [-0.3, -0.25) is 45.9 Å². The lowest BCUT2D eigenvalue weighted by molar-refractivity contribution is -0.862.